The molecular formula is C19H30N2O6. The Hall–Kier alpha value is -2.38. The third-order valence-corrected chi connectivity index (χ3v) is 4.65. The van der Waals surface area contributed by atoms with Gasteiger partial charge in [0.15, 0.2) is 0 Å². The highest BCUT2D eigenvalue weighted by atomic mass is 16.6. The number of methoxy groups -OCH3 is 1. The lowest BCUT2D eigenvalue weighted by molar-refractivity contribution is -0.540. The molecule has 1 rings (SSSR count). The van der Waals surface area contributed by atoms with Crippen molar-refractivity contribution >= 4 is 11.9 Å². The summed E-state index contributed by atoms with van der Waals surface area (Å²) in [5, 5.41) is 11.7. The Morgan fingerprint density at radius 3 is 2.15 bits per heavy atom. The van der Waals surface area contributed by atoms with Gasteiger partial charge in [0.25, 0.3) is 0 Å². The Balaban J connectivity index is 3.18. The van der Waals surface area contributed by atoms with Gasteiger partial charge in [-0.25, -0.2) is 4.79 Å². The fraction of sp³-hybridized carbons (Fsp3) is 0.684. The second kappa shape index (κ2) is 8.10. The number of H-pyrrole nitrogens is 1. The van der Waals surface area contributed by atoms with E-state index in [1.807, 2.05) is 0 Å². The fourth-order valence-electron chi connectivity index (χ4n) is 2.88. The van der Waals surface area contributed by atoms with Crippen molar-refractivity contribution in [1.29, 1.82) is 0 Å². The van der Waals surface area contributed by atoms with Gasteiger partial charge in [0.1, 0.15) is 11.3 Å². The Kier molecular flexibility index (Phi) is 6.80. The van der Waals surface area contributed by atoms with Crippen LogP contribution < -0.4 is 0 Å². The summed E-state index contributed by atoms with van der Waals surface area (Å²) in [5.74, 6) is -0.999. The molecular weight excluding hydrogens is 352 g/mol. The number of nitro groups is 1. The van der Waals surface area contributed by atoms with E-state index in [-0.39, 0.29) is 17.8 Å². The number of nitrogens with one attached hydrogen (secondary N) is 1. The summed E-state index contributed by atoms with van der Waals surface area (Å²) in [4.78, 5) is 38.4. The van der Waals surface area contributed by atoms with Crippen molar-refractivity contribution in [1.82, 2.24) is 4.98 Å². The van der Waals surface area contributed by atoms with Gasteiger partial charge in [0, 0.05) is 16.0 Å². The van der Waals surface area contributed by atoms with Crippen LogP contribution in [0.3, 0.4) is 0 Å². The highest BCUT2D eigenvalue weighted by Crippen LogP contribution is 2.32. The molecule has 1 aromatic rings. The molecule has 1 atom stereocenters. The third kappa shape index (κ3) is 5.80. The van der Waals surface area contributed by atoms with Gasteiger partial charge in [0.05, 0.1) is 20.0 Å². The first-order valence-corrected chi connectivity index (χ1v) is 8.81. The molecule has 0 radical (unpaired) electrons. The molecule has 8 heteroatoms. The van der Waals surface area contributed by atoms with Gasteiger partial charge in [-0.15, -0.1) is 0 Å². The number of aromatic nitrogens is 1. The number of nitrogens with zero attached hydrogens (tertiary/aromatic N) is 1. The Bertz CT molecular complexity index is 727. The second-order valence-corrected chi connectivity index (χ2v) is 8.48. The summed E-state index contributed by atoms with van der Waals surface area (Å²) in [6, 6.07) is -1.03. The van der Waals surface area contributed by atoms with Gasteiger partial charge >= 0.3 is 11.9 Å². The lowest BCUT2D eigenvalue weighted by atomic mass is 9.79. The van der Waals surface area contributed by atoms with E-state index < -0.39 is 29.0 Å². The minimum atomic E-state index is -1.03. The standard InChI is InChI=1S/C19H30N2O6/c1-11-12(2)16(17(23)27-18(3,4)5)20-13(11)9-14(21(24)25)19(6,7)10-15(22)26-8/h14,20H,9-10H2,1-8H3. The molecule has 0 saturated heterocycles. The summed E-state index contributed by atoms with van der Waals surface area (Å²) in [6.45, 7) is 12.2. The van der Waals surface area contributed by atoms with Crippen LogP contribution in [0.5, 0.6) is 0 Å². The minimum Gasteiger partial charge on any atom is -0.469 e. The summed E-state index contributed by atoms with van der Waals surface area (Å²) in [6.07, 6.45) is -0.0146. The molecule has 1 N–H and O–H groups in total. The number of carbonyl (C=O) groups is 2. The van der Waals surface area contributed by atoms with Gasteiger partial charge < -0.3 is 14.5 Å². The monoisotopic (exact) mass is 382 g/mol. The van der Waals surface area contributed by atoms with E-state index in [1.165, 1.54) is 7.11 Å². The SMILES string of the molecule is COC(=O)CC(C)(C)C(Cc1[nH]c(C(=O)OC(C)(C)C)c(C)c1C)[N+](=O)[O-]. The Morgan fingerprint density at radius 2 is 1.70 bits per heavy atom. The first-order valence-electron chi connectivity index (χ1n) is 8.81. The fourth-order valence-corrected chi connectivity index (χ4v) is 2.88. The Labute approximate surface area is 159 Å². The molecule has 0 aliphatic carbocycles. The summed E-state index contributed by atoms with van der Waals surface area (Å²) < 4.78 is 10.1. The van der Waals surface area contributed by atoms with Crippen LogP contribution in [-0.4, -0.2) is 40.6 Å². The van der Waals surface area contributed by atoms with Crippen LogP contribution in [0.4, 0.5) is 0 Å². The molecule has 1 aromatic heterocycles. The maximum Gasteiger partial charge on any atom is 0.355 e. The van der Waals surface area contributed by atoms with E-state index in [1.54, 1.807) is 48.5 Å². The number of ether oxygens (including phenoxy) is 2. The summed E-state index contributed by atoms with van der Waals surface area (Å²) >= 11 is 0. The lowest BCUT2D eigenvalue weighted by Crippen LogP contribution is -2.40. The normalized spacial score (nSPS) is 13.2. The Morgan fingerprint density at radius 1 is 1.15 bits per heavy atom. The maximum absolute atomic E-state index is 12.4. The number of hydrogen-bond acceptors (Lipinski definition) is 6. The van der Waals surface area contributed by atoms with Gasteiger partial charge in [0.2, 0.25) is 6.04 Å². The number of rotatable bonds is 7. The average Bonchev–Trinajstić information content (AvgIpc) is 2.78. The van der Waals surface area contributed by atoms with Gasteiger partial charge in [-0.2, -0.15) is 0 Å². The van der Waals surface area contributed by atoms with Crippen LogP contribution in [-0.2, 0) is 20.7 Å². The maximum atomic E-state index is 12.4. The molecule has 0 saturated carbocycles. The van der Waals surface area contributed by atoms with Crippen LogP contribution in [0.1, 0.15) is 68.3 Å². The average molecular weight is 382 g/mol. The van der Waals surface area contributed by atoms with Crippen LogP contribution in [0.15, 0.2) is 0 Å². The van der Waals surface area contributed by atoms with Crippen LogP contribution in [0.2, 0.25) is 0 Å². The molecule has 1 heterocycles. The predicted octanol–water partition coefficient (Wildman–Crippen LogP) is 3.36. The minimum absolute atomic E-state index is 0.0620. The number of aromatic amines is 1. The molecule has 1 unspecified atom stereocenters. The summed E-state index contributed by atoms with van der Waals surface area (Å²) in [7, 11) is 1.26. The zero-order chi connectivity index (χ0) is 21.2. The first kappa shape index (κ1) is 22.7. The molecule has 0 amide bonds. The van der Waals surface area contributed by atoms with Crippen molar-refractivity contribution in [3.63, 3.8) is 0 Å². The van der Waals surface area contributed by atoms with Crippen molar-refractivity contribution < 1.29 is 24.0 Å². The molecule has 0 aliphatic heterocycles. The van der Waals surface area contributed by atoms with Gasteiger partial charge in [-0.05, 0) is 45.7 Å². The molecule has 0 bridgehead atoms. The second-order valence-electron chi connectivity index (χ2n) is 8.48. The molecule has 27 heavy (non-hydrogen) atoms. The molecule has 0 fully saturated rings. The van der Waals surface area contributed by atoms with Crippen molar-refractivity contribution in [2.45, 2.75) is 73.0 Å². The van der Waals surface area contributed by atoms with E-state index in [2.05, 4.69) is 9.72 Å². The predicted molar refractivity (Wildman–Crippen MR) is 100 cm³/mol. The van der Waals surface area contributed by atoms with E-state index in [0.29, 0.717) is 17.0 Å². The van der Waals surface area contributed by atoms with Gasteiger partial charge in [-0.3, -0.25) is 14.9 Å². The van der Waals surface area contributed by atoms with Crippen molar-refractivity contribution in [3.8, 4) is 0 Å². The third-order valence-electron chi connectivity index (χ3n) is 4.65. The number of hydrogen-bond donors (Lipinski definition) is 1. The number of carbonyl (C=O) groups excluding carboxylic acids is 2. The molecule has 8 nitrogen and oxygen atoms in total. The van der Waals surface area contributed by atoms with Crippen molar-refractivity contribution in [3.05, 3.63) is 32.6 Å². The highest BCUT2D eigenvalue weighted by Gasteiger charge is 2.42. The van der Waals surface area contributed by atoms with Crippen molar-refractivity contribution in [2.75, 3.05) is 7.11 Å². The largest absolute Gasteiger partial charge is 0.469 e. The topological polar surface area (TPSA) is 112 Å². The first-order chi connectivity index (χ1) is 12.2. The zero-order valence-electron chi connectivity index (χ0n) is 17.4. The quantitative estimate of drug-likeness (QED) is 0.440. The zero-order valence-corrected chi connectivity index (χ0v) is 17.4. The van der Waals surface area contributed by atoms with E-state index >= 15 is 0 Å². The van der Waals surface area contributed by atoms with Gasteiger partial charge in [-0.1, -0.05) is 13.8 Å². The smallest absolute Gasteiger partial charge is 0.355 e. The molecule has 0 aromatic carbocycles. The van der Waals surface area contributed by atoms with Crippen LogP contribution >= 0.6 is 0 Å². The number of esters is 2. The van der Waals surface area contributed by atoms with E-state index in [4.69, 9.17) is 4.74 Å². The lowest BCUT2D eigenvalue weighted by Gasteiger charge is -2.26. The van der Waals surface area contributed by atoms with Crippen molar-refractivity contribution in [2.24, 2.45) is 5.41 Å². The van der Waals surface area contributed by atoms with Crippen LogP contribution in [0, 0.1) is 29.4 Å². The summed E-state index contributed by atoms with van der Waals surface area (Å²) in [5.41, 5.74) is 0.796. The molecule has 0 aliphatic rings. The van der Waals surface area contributed by atoms with E-state index in [9.17, 15) is 19.7 Å². The molecule has 152 valence electrons. The van der Waals surface area contributed by atoms with Crippen LogP contribution in [0.25, 0.3) is 0 Å². The molecule has 0 spiro atoms. The van der Waals surface area contributed by atoms with E-state index in [0.717, 1.165) is 5.56 Å². The highest BCUT2D eigenvalue weighted by molar-refractivity contribution is 5.90.